The highest BCUT2D eigenvalue weighted by molar-refractivity contribution is 7.77. The molecule has 0 radical (unpaired) electrons. The van der Waals surface area contributed by atoms with Gasteiger partial charge in [-0.25, -0.2) is 0 Å². The minimum absolute atomic E-state index is 0.202. The molecule has 2 heterocycles. The van der Waals surface area contributed by atoms with Crippen molar-refractivity contribution in [1.82, 2.24) is 0 Å². The Morgan fingerprint density at radius 1 is 1.03 bits per heavy atom. The van der Waals surface area contributed by atoms with Crippen molar-refractivity contribution in [1.29, 1.82) is 5.26 Å². The molecule has 144 valence electrons. The van der Waals surface area contributed by atoms with E-state index in [2.05, 4.69) is 11.1 Å². The van der Waals surface area contributed by atoms with Crippen LogP contribution in [0.4, 0.5) is 5.69 Å². The van der Waals surface area contributed by atoms with E-state index in [1.807, 2.05) is 77.5 Å². The number of hydrogen-bond acceptors (Lipinski definition) is 5. The Kier molecular flexibility index (Phi) is 5.01. The molecule has 6 heteroatoms. The first kappa shape index (κ1) is 19.1. The predicted molar refractivity (Wildman–Crippen MR) is 114 cm³/mol. The molecule has 1 aliphatic heterocycles. The number of nitrogens with two attached hydrogens (primary N) is 1. The largest absolute Gasteiger partial charge is 0.764 e. The van der Waals surface area contributed by atoms with Gasteiger partial charge in [-0.15, -0.1) is 0 Å². The standard InChI is InChI=1S/C23H20N4OS/c24-14-19-20(16-8-3-1-4-9-16)21(27-13-7-12-18(25)15-27)23(28,26-22(19)29)17-10-5-2-6-11-17/h1-13,15,19-21,28H,25H2/t19?,20-,21+,23+/m0/s1. The third-order valence-corrected chi connectivity index (χ3v) is 5.69. The third-order valence-electron chi connectivity index (χ3n) is 5.35. The first-order valence-corrected chi connectivity index (χ1v) is 9.71. The maximum absolute atomic E-state index is 11.9. The van der Waals surface area contributed by atoms with Gasteiger partial charge < -0.3 is 23.5 Å². The van der Waals surface area contributed by atoms with E-state index >= 15 is 0 Å². The number of hydrogen-bond donors (Lipinski definition) is 2. The minimum atomic E-state index is -1.65. The summed E-state index contributed by atoms with van der Waals surface area (Å²) in [5.74, 6) is -1.07. The fourth-order valence-corrected chi connectivity index (χ4v) is 4.41. The number of anilines is 1. The van der Waals surface area contributed by atoms with Crippen LogP contribution in [-0.2, 0) is 18.4 Å². The normalized spacial score (nSPS) is 26.3. The fourth-order valence-electron chi connectivity index (χ4n) is 4.07. The molecule has 4 rings (SSSR count). The molecule has 29 heavy (non-hydrogen) atoms. The lowest BCUT2D eigenvalue weighted by atomic mass is 9.73. The Bertz CT molecular complexity index is 1080. The summed E-state index contributed by atoms with van der Waals surface area (Å²) in [6, 6.07) is 24.2. The molecular weight excluding hydrogens is 380 g/mol. The lowest BCUT2D eigenvalue weighted by Crippen LogP contribution is -2.57. The second-order valence-electron chi connectivity index (χ2n) is 7.11. The third kappa shape index (κ3) is 3.35. The predicted octanol–water partition coefficient (Wildman–Crippen LogP) is 2.83. The molecule has 0 spiro atoms. The van der Waals surface area contributed by atoms with Crippen LogP contribution in [0, 0.1) is 17.2 Å². The van der Waals surface area contributed by atoms with E-state index in [1.54, 1.807) is 12.3 Å². The topological polar surface area (TPSA) is 86.3 Å². The lowest BCUT2D eigenvalue weighted by Gasteiger charge is -2.43. The van der Waals surface area contributed by atoms with Crippen LogP contribution >= 0.6 is 0 Å². The van der Waals surface area contributed by atoms with Crippen molar-refractivity contribution in [2.24, 2.45) is 10.9 Å². The van der Waals surface area contributed by atoms with E-state index in [9.17, 15) is 10.4 Å². The Labute approximate surface area is 175 Å². The van der Waals surface area contributed by atoms with E-state index in [0.29, 0.717) is 11.3 Å². The maximum Gasteiger partial charge on any atom is 0.244 e. The summed E-state index contributed by atoms with van der Waals surface area (Å²) in [5.41, 5.74) is 6.47. The molecule has 3 aromatic rings. The fraction of sp³-hybridized carbons (Fsp3) is 0.174. The number of pyridine rings is 1. The zero-order valence-corrected chi connectivity index (χ0v) is 16.4. The zero-order valence-electron chi connectivity index (χ0n) is 15.6. The number of rotatable bonds is 3. The van der Waals surface area contributed by atoms with Crippen LogP contribution in [0.15, 0.2) is 90.2 Å². The number of aromatic nitrogens is 1. The molecule has 5 nitrogen and oxygen atoms in total. The second kappa shape index (κ2) is 7.63. The van der Waals surface area contributed by atoms with E-state index in [1.165, 1.54) is 0 Å². The summed E-state index contributed by atoms with van der Waals surface area (Å²) in [4.78, 5) is 4.50. The van der Waals surface area contributed by atoms with Gasteiger partial charge in [0.25, 0.3) is 0 Å². The quantitative estimate of drug-likeness (QED) is 0.523. The molecule has 4 atom stereocenters. The first-order valence-electron chi connectivity index (χ1n) is 9.30. The number of aliphatic hydroxyl groups is 1. The second-order valence-corrected chi connectivity index (χ2v) is 7.53. The average molecular weight is 401 g/mol. The highest BCUT2D eigenvalue weighted by Gasteiger charge is 2.55. The van der Waals surface area contributed by atoms with Crippen LogP contribution < -0.4 is 10.3 Å². The Balaban J connectivity index is 2.02. The molecule has 1 unspecified atom stereocenters. The Morgan fingerprint density at radius 2 is 1.69 bits per heavy atom. The summed E-state index contributed by atoms with van der Waals surface area (Å²) in [7, 11) is 0. The van der Waals surface area contributed by atoms with E-state index in [0.717, 1.165) is 5.56 Å². The summed E-state index contributed by atoms with van der Waals surface area (Å²) in [5, 5.41) is 22.1. The SMILES string of the molecule is N#CC1C([S-])=N[C@@](O)(c2ccccc2)[C@H]([n+]2cccc(N)c2)[C@H]1c1ccccc1. The number of benzene rings is 2. The van der Waals surface area contributed by atoms with Crippen molar-refractivity contribution in [2.75, 3.05) is 5.73 Å². The van der Waals surface area contributed by atoms with Crippen LogP contribution in [0.5, 0.6) is 0 Å². The molecule has 1 aliphatic rings. The molecule has 0 amide bonds. The summed E-state index contributed by atoms with van der Waals surface area (Å²) in [6.07, 6.45) is 3.59. The molecule has 2 aromatic carbocycles. The highest BCUT2D eigenvalue weighted by Crippen LogP contribution is 2.48. The van der Waals surface area contributed by atoms with E-state index in [4.69, 9.17) is 18.4 Å². The van der Waals surface area contributed by atoms with Crippen molar-refractivity contribution in [3.63, 3.8) is 0 Å². The summed E-state index contributed by atoms with van der Waals surface area (Å²) in [6.45, 7) is 0. The van der Waals surface area contributed by atoms with Gasteiger partial charge >= 0.3 is 0 Å². The molecule has 0 saturated carbocycles. The number of nitriles is 1. The van der Waals surface area contributed by atoms with Crippen LogP contribution in [0.2, 0.25) is 0 Å². The van der Waals surface area contributed by atoms with Crippen molar-refractivity contribution in [3.8, 4) is 6.07 Å². The van der Waals surface area contributed by atoms with Gasteiger partial charge in [-0.2, -0.15) is 9.83 Å². The van der Waals surface area contributed by atoms with Crippen molar-refractivity contribution < 1.29 is 9.67 Å². The van der Waals surface area contributed by atoms with Crippen molar-refractivity contribution in [2.45, 2.75) is 17.7 Å². The molecule has 0 saturated heterocycles. The minimum Gasteiger partial charge on any atom is -0.764 e. The molecule has 0 aliphatic carbocycles. The Hall–Kier alpha value is -3.27. The van der Waals surface area contributed by atoms with Gasteiger partial charge in [0.05, 0.1) is 23.6 Å². The number of nitrogens with zero attached hydrogens (tertiary/aromatic N) is 3. The smallest absolute Gasteiger partial charge is 0.244 e. The molecular formula is C23H20N4OS. The van der Waals surface area contributed by atoms with Crippen LogP contribution in [0.25, 0.3) is 0 Å². The van der Waals surface area contributed by atoms with Crippen molar-refractivity contribution in [3.05, 3.63) is 96.3 Å². The van der Waals surface area contributed by atoms with Gasteiger partial charge in [0.15, 0.2) is 12.4 Å². The van der Waals surface area contributed by atoms with E-state index in [-0.39, 0.29) is 5.04 Å². The Morgan fingerprint density at radius 3 is 2.31 bits per heavy atom. The molecule has 3 N–H and O–H groups in total. The summed E-state index contributed by atoms with van der Waals surface area (Å²) >= 11 is 5.50. The molecule has 0 bridgehead atoms. The average Bonchev–Trinajstić information content (AvgIpc) is 2.74. The van der Waals surface area contributed by atoms with Crippen molar-refractivity contribution >= 4 is 23.4 Å². The molecule has 1 aromatic heterocycles. The van der Waals surface area contributed by atoms with Gasteiger partial charge in [0.1, 0.15) is 0 Å². The van der Waals surface area contributed by atoms with Crippen LogP contribution in [-0.4, -0.2) is 10.2 Å². The van der Waals surface area contributed by atoms with Gasteiger partial charge in [-0.1, -0.05) is 65.7 Å². The zero-order chi connectivity index (χ0) is 20.4. The monoisotopic (exact) mass is 400 g/mol. The molecule has 0 fully saturated rings. The maximum atomic E-state index is 11.9. The number of aliphatic imine (C=N–C) groups is 1. The van der Waals surface area contributed by atoms with Gasteiger partial charge in [0, 0.05) is 11.6 Å². The van der Waals surface area contributed by atoms with Crippen LogP contribution in [0.3, 0.4) is 0 Å². The van der Waals surface area contributed by atoms with Crippen LogP contribution in [0.1, 0.15) is 23.1 Å². The van der Waals surface area contributed by atoms with Gasteiger partial charge in [0.2, 0.25) is 11.8 Å². The highest BCUT2D eigenvalue weighted by atomic mass is 32.1. The van der Waals surface area contributed by atoms with Gasteiger partial charge in [-0.3, -0.25) is 4.99 Å². The lowest BCUT2D eigenvalue weighted by molar-refractivity contribution is -0.743. The van der Waals surface area contributed by atoms with Gasteiger partial charge in [-0.05, 0) is 11.6 Å². The number of nitrogen functional groups attached to an aromatic ring is 1. The summed E-state index contributed by atoms with van der Waals surface area (Å²) < 4.78 is 1.84. The van der Waals surface area contributed by atoms with E-state index < -0.39 is 23.6 Å². The first-order chi connectivity index (χ1) is 14.0.